The van der Waals surface area contributed by atoms with Crippen molar-refractivity contribution in [3.05, 3.63) is 97.3 Å². The minimum absolute atomic E-state index is 0.643. The van der Waals surface area contributed by atoms with Crippen molar-refractivity contribution in [2.45, 2.75) is 0 Å². The summed E-state index contributed by atoms with van der Waals surface area (Å²) < 4.78 is 8.01. The SMILES string of the molecule is c1ccc(-c2ccc(-c3nc4cc(-n5cccc5)ccc4o3)cc2)cc1. The molecule has 0 fully saturated rings. The molecular weight excluding hydrogens is 320 g/mol. The van der Waals surface area contributed by atoms with E-state index in [0.29, 0.717) is 5.89 Å². The molecule has 124 valence electrons. The van der Waals surface area contributed by atoms with Crippen LogP contribution in [-0.4, -0.2) is 9.55 Å². The number of benzene rings is 3. The second kappa shape index (κ2) is 6.05. The topological polar surface area (TPSA) is 31.0 Å². The number of fused-ring (bicyclic) bond motifs is 1. The molecule has 0 amide bonds. The molecule has 0 atom stereocenters. The van der Waals surface area contributed by atoms with E-state index in [1.54, 1.807) is 0 Å². The Balaban J connectivity index is 1.51. The molecule has 5 rings (SSSR count). The van der Waals surface area contributed by atoms with Crippen molar-refractivity contribution in [2.24, 2.45) is 0 Å². The van der Waals surface area contributed by atoms with Crippen LogP contribution in [0.2, 0.25) is 0 Å². The highest BCUT2D eigenvalue weighted by molar-refractivity contribution is 5.79. The standard InChI is InChI=1S/C23H16N2O/c1-2-6-17(7-3-1)18-8-10-19(11-9-18)23-24-21-16-20(12-13-22(21)26-23)25-14-4-5-15-25/h1-16H. The Labute approximate surface area is 151 Å². The van der Waals surface area contributed by atoms with Crippen LogP contribution in [0, 0.1) is 0 Å². The zero-order valence-electron chi connectivity index (χ0n) is 14.0. The third-order valence-electron chi connectivity index (χ3n) is 4.51. The van der Waals surface area contributed by atoms with Crippen molar-refractivity contribution in [3.8, 4) is 28.3 Å². The van der Waals surface area contributed by atoms with E-state index in [9.17, 15) is 0 Å². The number of rotatable bonds is 3. The number of oxazole rings is 1. The molecule has 0 aliphatic carbocycles. The molecule has 0 N–H and O–H groups in total. The maximum Gasteiger partial charge on any atom is 0.227 e. The molecule has 26 heavy (non-hydrogen) atoms. The van der Waals surface area contributed by atoms with Gasteiger partial charge in [0.25, 0.3) is 0 Å². The van der Waals surface area contributed by atoms with E-state index < -0.39 is 0 Å². The Morgan fingerprint density at radius 2 is 1.35 bits per heavy atom. The highest BCUT2D eigenvalue weighted by Crippen LogP contribution is 2.28. The Hall–Kier alpha value is -3.59. The van der Waals surface area contributed by atoms with Gasteiger partial charge in [-0.2, -0.15) is 0 Å². The fourth-order valence-electron chi connectivity index (χ4n) is 3.14. The van der Waals surface area contributed by atoms with Gasteiger partial charge < -0.3 is 8.98 Å². The summed E-state index contributed by atoms with van der Waals surface area (Å²) in [6.45, 7) is 0. The maximum atomic E-state index is 5.95. The van der Waals surface area contributed by atoms with Crippen molar-refractivity contribution in [3.63, 3.8) is 0 Å². The fraction of sp³-hybridized carbons (Fsp3) is 0. The average molecular weight is 336 g/mol. The molecule has 0 bridgehead atoms. The highest BCUT2D eigenvalue weighted by atomic mass is 16.3. The summed E-state index contributed by atoms with van der Waals surface area (Å²) in [6.07, 6.45) is 4.04. The quantitative estimate of drug-likeness (QED) is 0.407. The van der Waals surface area contributed by atoms with Crippen LogP contribution in [0.1, 0.15) is 0 Å². The van der Waals surface area contributed by atoms with Crippen LogP contribution in [0.5, 0.6) is 0 Å². The molecule has 5 aromatic rings. The largest absolute Gasteiger partial charge is 0.436 e. The van der Waals surface area contributed by atoms with Gasteiger partial charge in [-0.3, -0.25) is 0 Å². The molecule has 3 nitrogen and oxygen atoms in total. The van der Waals surface area contributed by atoms with Crippen LogP contribution >= 0.6 is 0 Å². The van der Waals surface area contributed by atoms with Crippen LogP contribution in [0.25, 0.3) is 39.4 Å². The number of hydrogen-bond donors (Lipinski definition) is 0. The second-order valence-corrected chi connectivity index (χ2v) is 6.20. The van der Waals surface area contributed by atoms with Crippen LogP contribution < -0.4 is 0 Å². The van der Waals surface area contributed by atoms with Crippen LogP contribution in [0.3, 0.4) is 0 Å². The van der Waals surface area contributed by atoms with E-state index >= 15 is 0 Å². The maximum absolute atomic E-state index is 5.95. The smallest absolute Gasteiger partial charge is 0.227 e. The van der Waals surface area contributed by atoms with Crippen molar-refractivity contribution in [1.29, 1.82) is 0 Å². The summed E-state index contributed by atoms with van der Waals surface area (Å²) in [4.78, 5) is 4.68. The molecule has 0 aliphatic heterocycles. The molecule has 0 radical (unpaired) electrons. The van der Waals surface area contributed by atoms with Gasteiger partial charge in [0.2, 0.25) is 5.89 Å². The van der Waals surface area contributed by atoms with E-state index in [1.807, 2.05) is 60.9 Å². The lowest BCUT2D eigenvalue weighted by Gasteiger charge is -2.02. The van der Waals surface area contributed by atoms with Gasteiger partial charge in [0.15, 0.2) is 5.58 Å². The number of nitrogens with zero attached hydrogens (tertiary/aromatic N) is 2. The van der Waals surface area contributed by atoms with Gasteiger partial charge in [-0.05, 0) is 53.6 Å². The molecule has 0 spiro atoms. The third-order valence-corrected chi connectivity index (χ3v) is 4.51. The molecular formula is C23H16N2O. The summed E-state index contributed by atoms with van der Waals surface area (Å²) in [5.74, 6) is 0.643. The molecule has 0 saturated heterocycles. The fourth-order valence-corrected chi connectivity index (χ4v) is 3.14. The lowest BCUT2D eigenvalue weighted by molar-refractivity contribution is 0.620. The van der Waals surface area contributed by atoms with Gasteiger partial charge in [-0.25, -0.2) is 4.98 Å². The predicted molar refractivity (Wildman–Crippen MR) is 104 cm³/mol. The lowest BCUT2D eigenvalue weighted by atomic mass is 10.0. The van der Waals surface area contributed by atoms with Gasteiger partial charge in [0.1, 0.15) is 5.52 Å². The molecule has 0 saturated carbocycles. The second-order valence-electron chi connectivity index (χ2n) is 6.20. The normalized spacial score (nSPS) is 11.1. The van der Waals surface area contributed by atoms with Gasteiger partial charge in [0, 0.05) is 23.6 Å². The molecule has 3 aromatic carbocycles. The number of aromatic nitrogens is 2. The van der Waals surface area contributed by atoms with Gasteiger partial charge in [-0.1, -0.05) is 42.5 Å². The Morgan fingerprint density at radius 3 is 2.12 bits per heavy atom. The van der Waals surface area contributed by atoms with Gasteiger partial charge in [-0.15, -0.1) is 0 Å². The summed E-state index contributed by atoms with van der Waals surface area (Å²) in [7, 11) is 0. The third kappa shape index (κ3) is 2.60. The first kappa shape index (κ1) is 14.7. The molecule has 3 heteroatoms. The van der Waals surface area contributed by atoms with E-state index in [1.165, 1.54) is 11.1 Å². The summed E-state index contributed by atoms with van der Waals surface area (Å²) in [5, 5.41) is 0. The minimum atomic E-state index is 0.643. The van der Waals surface area contributed by atoms with E-state index in [-0.39, 0.29) is 0 Å². The van der Waals surface area contributed by atoms with Crippen LogP contribution in [0.4, 0.5) is 0 Å². The first-order valence-corrected chi connectivity index (χ1v) is 8.57. The predicted octanol–water partition coefficient (Wildman–Crippen LogP) is 5.95. The van der Waals surface area contributed by atoms with E-state index in [2.05, 4.69) is 45.9 Å². The zero-order valence-corrected chi connectivity index (χ0v) is 14.0. The summed E-state index contributed by atoms with van der Waals surface area (Å²) >= 11 is 0. The van der Waals surface area contributed by atoms with Crippen molar-refractivity contribution < 1.29 is 4.42 Å². The van der Waals surface area contributed by atoms with Crippen molar-refractivity contribution in [2.75, 3.05) is 0 Å². The molecule has 0 unspecified atom stereocenters. The zero-order chi connectivity index (χ0) is 17.3. The summed E-state index contributed by atoms with van der Waals surface area (Å²) in [5.41, 5.74) is 6.08. The van der Waals surface area contributed by atoms with Crippen LogP contribution in [-0.2, 0) is 0 Å². The van der Waals surface area contributed by atoms with Crippen molar-refractivity contribution >= 4 is 11.1 Å². The number of hydrogen-bond acceptors (Lipinski definition) is 2. The average Bonchev–Trinajstić information content (AvgIpc) is 3.38. The highest BCUT2D eigenvalue weighted by Gasteiger charge is 2.09. The Morgan fingerprint density at radius 1 is 0.654 bits per heavy atom. The van der Waals surface area contributed by atoms with E-state index in [0.717, 1.165) is 22.4 Å². The first-order chi connectivity index (χ1) is 12.9. The summed E-state index contributed by atoms with van der Waals surface area (Å²) in [6, 6.07) is 28.7. The lowest BCUT2D eigenvalue weighted by Crippen LogP contribution is -1.88. The minimum Gasteiger partial charge on any atom is -0.436 e. The monoisotopic (exact) mass is 336 g/mol. The van der Waals surface area contributed by atoms with Gasteiger partial charge >= 0.3 is 0 Å². The molecule has 0 aliphatic rings. The van der Waals surface area contributed by atoms with E-state index in [4.69, 9.17) is 4.42 Å². The Bertz CT molecular complexity index is 1150. The van der Waals surface area contributed by atoms with Crippen LogP contribution in [0.15, 0.2) is 102 Å². The molecule has 2 aromatic heterocycles. The molecule has 2 heterocycles. The first-order valence-electron chi connectivity index (χ1n) is 8.57. The van der Waals surface area contributed by atoms with Crippen molar-refractivity contribution in [1.82, 2.24) is 9.55 Å². The van der Waals surface area contributed by atoms with Gasteiger partial charge in [0.05, 0.1) is 0 Å². The Kier molecular flexibility index (Phi) is 3.42.